The second kappa shape index (κ2) is 8.34. The summed E-state index contributed by atoms with van der Waals surface area (Å²) in [5.41, 5.74) is 2.85. The molecule has 2 rings (SSSR count). The summed E-state index contributed by atoms with van der Waals surface area (Å²) in [6.45, 7) is 5.81. The second-order valence-electron chi connectivity index (χ2n) is 6.94. The van der Waals surface area contributed by atoms with Gasteiger partial charge in [0.05, 0.1) is 0 Å². The molecule has 3 N–H and O–H groups in total. The topological polar surface area (TPSA) is 61.4 Å². The van der Waals surface area contributed by atoms with E-state index in [1.165, 1.54) is 43.2 Å². The van der Waals surface area contributed by atoms with Crippen molar-refractivity contribution in [1.29, 1.82) is 0 Å². The number of hydrogen-bond donors (Lipinski definition) is 3. The molecule has 0 aromatic heterocycles. The molecule has 0 heterocycles. The van der Waals surface area contributed by atoms with Gasteiger partial charge in [0.1, 0.15) is 0 Å². The van der Waals surface area contributed by atoms with E-state index < -0.39 is 6.09 Å². The molecular weight excluding hydrogens is 288 g/mol. The van der Waals surface area contributed by atoms with E-state index >= 15 is 0 Å². The fourth-order valence-corrected chi connectivity index (χ4v) is 3.53. The first-order valence-electron chi connectivity index (χ1n) is 8.86. The van der Waals surface area contributed by atoms with E-state index in [0.717, 1.165) is 13.0 Å². The van der Waals surface area contributed by atoms with Crippen LogP contribution in [0.3, 0.4) is 0 Å². The molecule has 1 saturated carbocycles. The second-order valence-corrected chi connectivity index (χ2v) is 6.94. The van der Waals surface area contributed by atoms with Crippen LogP contribution in [0.4, 0.5) is 4.79 Å². The van der Waals surface area contributed by atoms with Crippen LogP contribution in [0.5, 0.6) is 0 Å². The Balaban J connectivity index is 2.06. The van der Waals surface area contributed by atoms with Crippen molar-refractivity contribution in [3.63, 3.8) is 0 Å². The Labute approximate surface area is 139 Å². The first kappa shape index (κ1) is 17.8. The van der Waals surface area contributed by atoms with Gasteiger partial charge in [-0.1, -0.05) is 57.4 Å². The zero-order valence-electron chi connectivity index (χ0n) is 14.4. The zero-order valence-corrected chi connectivity index (χ0v) is 14.4. The van der Waals surface area contributed by atoms with Gasteiger partial charge in [-0.05, 0) is 42.9 Å². The van der Waals surface area contributed by atoms with Crippen molar-refractivity contribution < 1.29 is 9.90 Å². The number of nitrogens with one attached hydrogen (secondary N) is 2. The number of hydrogen-bond acceptors (Lipinski definition) is 2. The molecular formula is C19H30N2O2. The summed E-state index contributed by atoms with van der Waals surface area (Å²) >= 11 is 0. The Hall–Kier alpha value is -1.55. The molecule has 0 atom stereocenters. The van der Waals surface area contributed by atoms with E-state index in [4.69, 9.17) is 5.11 Å². The number of benzene rings is 1. The van der Waals surface area contributed by atoms with Crippen LogP contribution in [0.2, 0.25) is 0 Å². The van der Waals surface area contributed by atoms with Gasteiger partial charge in [0, 0.05) is 12.1 Å². The smallest absolute Gasteiger partial charge is 0.404 e. The molecule has 0 aliphatic heterocycles. The van der Waals surface area contributed by atoms with Gasteiger partial charge >= 0.3 is 6.09 Å². The van der Waals surface area contributed by atoms with Crippen molar-refractivity contribution in [2.75, 3.05) is 13.1 Å². The molecule has 1 aromatic rings. The molecule has 0 spiro atoms. The SMILES string of the molecule is CC(C)c1cccc(C2(NCCCNC(=O)O)CCCCC2)c1. The van der Waals surface area contributed by atoms with Gasteiger partial charge in [0.15, 0.2) is 0 Å². The van der Waals surface area contributed by atoms with Gasteiger partial charge in [0.25, 0.3) is 0 Å². The first-order valence-corrected chi connectivity index (χ1v) is 8.86. The highest BCUT2D eigenvalue weighted by Crippen LogP contribution is 2.38. The van der Waals surface area contributed by atoms with Crippen molar-refractivity contribution >= 4 is 6.09 Å². The van der Waals surface area contributed by atoms with E-state index in [0.29, 0.717) is 12.5 Å². The van der Waals surface area contributed by atoms with Crippen molar-refractivity contribution in [3.8, 4) is 0 Å². The highest BCUT2D eigenvalue weighted by molar-refractivity contribution is 5.64. The van der Waals surface area contributed by atoms with Crippen molar-refractivity contribution in [2.45, 2.75) is 63.8 Å². The minimum Gasteiger partial charge on any atom is -0.465 e. The minimum absolute atomic E-state index is 0.0619. The van der Waals surface area contributed by atoms with Crippen molar-refractivity contribution in [3.05, 3.63) is 35.4 Å². The van der Waals surface area contributed by atoms with Gasteiger partial charge < -0.3 is 15.7 Å². The van der Waals surface area contributed by atoms with Crippen LogP contribution < -0.4 is 10.6 Å². The van der Waals surface area contributed by atoms with Gasteiger partial charge in [-0.2, -0.15) is 0 Å². The zero-order chi connectivity index (χ0) is 16.7. The molecule has 1 aliphatic rings. The average Bonchev–Trinajstić information content (AvgIpc) is 2.55. The Morgan fingerprint density at radius 2 is 1.96 bits per heavy atom. The lowest BCUT2D eigenvalue weighted by Crippen LogP contribution is -2.45. The minimum atomic E-state index is -0.943. The monoisotopic (exact) mass is 318 g/mol. The quantitative estimate of drug-likeness (QED) is 0.660. The van der Waals surface area contributed by atoms with E-state index in [-0.39, 0.29) is 5.54 Å². The van der Waals surface area contributed by atoms with Crippen molar-refractivity contribution in [2.24, 2.45) is 0 Å². The van der Waals surface area contributed by atoms with E-state index in [1.807, 2.05) is 0 Å². The third-order valence-electron chi connectivity index (χ3n) is 4.91. The van der Waals surface area contributed by atoms with Gasteiger partial charge in [-0.3, -0.25) is 0 Å². The van der Waals surface area contributed by atoms with Crippen LogP contribution in [-0.4, -0.2) is 24.3 Å². The molecule has 1 aromatic carbocycles. The lowest BCUT2D eigenvalue weighted by atomic mass is 9.75. The van der Waals surface area contributed by atoms with E-state index in [1.54, 1.807) is 0 Å². The van der Waals surface area contributed by atoms with Crippen LogP contribution in [-0.2, 0) is 5.54 Å². The standard InChI is InChI=1S/C19H30N2O2/c1-15(2)16-8-6-9-17(14-16)19(10-4-3-5-11-19)21-13-7-12-20-18(22)23/h6,8-9,14-15,20-21H,3-5,7,10-13H2,1-2H3,(H,22,23). The fourth-order valence-electron chi connectivity index (χ4n) is 3.53. The summed E-state index contributed by atoms with van der Waals surface area (Å²) in [5, 5.41) is 14.8. The normalized spacial score (nSPS) is 17.2. The average molecular weight is 318 g/mol. The molecule has 1 fully saturated rings. The Morgan fingerprint density at radius 1 is 1.22 bits per heavy atom. The van der Waals surface area contributed by atoms with Gasteiger partial charge in [0.2, 0.25) is 0 Å². The van der Waals surface area contributed by atoms with Gasteiger partial charge in [-0.15, -0.1) is 0 Å². The summed E-state index contributed by atoms with van der Waals surface area (Å²) < 4.78 is 0. The Kier molecular flexibility index (Phi) is 6.46. The summed E-state index contributed by atoms with van der Waals surface area (Å²) in [6.07, 6.45) is 6.04. The molecule has 1 aliphatic carbocycles. The maximum absolute atomic E-state index is 10.5. The molecule has 4 nitrogen and oxygen atoms in total. The highest BCUT2D eigenvalue weighted by atomic mass is 16.4. The largest absolute Gasteiger partial charge is 0.465 e. The van der Waals surface area contributed by atoms with Crippen molar-refractivity contribution in [1.82, 2.24) is 10.6 Å². The predicted molar refractivity (Wildman–Crippen MR) is 93.9 cm³/mol. The maximum Gasteiger partial charge on any atom is 0.404 e. The molecule has 0 radical (unpaired) electrons. The Bertz CT molecular complexity index is 508. The van der Waals surface area contributed by atoms with Crippen LogP contribution in [0, 0.1) is 0 Å². The molecule has 0 saturated heterocycles. The Morgan fingerprint density at radius 3 is 2.61 bits per heavy atom. The maximum atomic E-state index is 10.5. The van der Waals surface area contributed by atoms with Crippen LogP contribution in [0.25, 0.3) is 0 Å². The number of carbonyl (C=O) groups is 1. The van der Waals surface area contributed by atoms with Crippen LogP contribution in [0.1, 0.15) is 69.4 Å². The first-order chi connectivity index (χ1) is 11.0. The third-order valence-corrected chi connectivity index (χ3v) is 4.91. The predicted octanol–water partition coefficient (Wildman–Crippen LogP) is 4.22. The lowest BCUT2D eigenvalue weighted by Gasteiger charge is -2.39. The van der Waals surface area contributed by atoms with Crippen LogP contribution >= 0.6 is 0 Å². The summed E-state index contributed by atoms with van der Waals surface area (Å²) in [4.78, 5) is 10.5. The number of amides is 1. The fraction of sp³-hybridized carbons (Fsp3) is 0.632. The summed E-state index contributed by atoms with van der Waals surface area (Å²) in [6, 6.07) is 8.99. The van der Waals surface area contributed by atoms with Gasteiger partial charge in [-0.25, -0.2) is 4.79 Å². The van der Waals surface area contributed by atoms with E-state index in [9.17, 15) is 4.79 Å². The molecule has 0 unspecified atom stereocenters. The third kappa shape index (κ3) is 4.96. The summed E-state index contributed by atoms with van der Waals surface area (Å²) in [5.74, 6) is 0.537. The molecule has 1 amide bonds. The number of rotatable bonds is 7. The van der Waals surface area contributed by atoms with E-state index in [2.05, 4.69) is 48.7 Å². The summed E-state index contributed by atoms with van der Waals surface area (Å²) in [7, 11) is 0. The molecule has 23 heavy (non-hydrogen) atoms. The number of carboxylic acid groups (broad SMARTS) is 1. The van der Waals surface area contributed by atoms with Crippen LogP contribution in [0.15, 0.2) is 24.3 Å². The lowest BCUT2D eigenvalue weighted by molar-refractivity contribution is 0.193. The molecule has 128 valence electrons. The highest BCUT2D eigenvalue weighted by Gasteiger charge is 2.33. The molecule has 4 heteroatoms. The molecule has 0 bridgehead atoms.